The minimum Gasteiger partial charge on any atom is -0.497 e. The number of aromatic amines is 1. The number of H-pyrrole nitrogens is 1. The van der Waals surface area contributed by atoms with E-state index in [0.29, 0.717) is 23.5 Å². The highest BCUT2D eigenvalue weighted by Crippen LogP contribution is 2.54. The SMILES string of the molecule is COc1cccc(N2C(=O)[C@@H]3C(Cc4c[nH]c5ccccc45)NC4(C(=O)Nc5c(C)cc(C)cc54)[C@@H]3C2=O)c1. The summed E-state index contributed by atoms with van der Waals surface area (Å²) < 4.78 is 5.37. The van der Waals surface area contributed by atoms with Gasteiger partial charge in [-0.05, 0) is 49.6 Å². The number of ether oxygens (including phenoxy) is 1. The van der Waals surface area contributed by atoms with Gasteiger partial charge in [0, 0.05) is 40.5 Å². The first-order valence-electron chi connectivity index (χ1n) is 13.1. The molecule has 8 heteroatoms. The second kappa shape index (κ2) is 8.28. The Hall–Kier alpha value is -4.43. The Morgan fingerprint density at radius 2 is 1.79 bits per heavy atom. The van der Waals surface area contributed by atoms with Crippen molar-refractivity contribution >= 4 is 40.0 Å². The van der Waals surface area contributed by atoms with Gasteiger partial charge in [0.05, 0.1) is 24.6 Å². The number of amides is 3. The van der Waals surface area contributed by atoms with Gasteiger partial charge in [0.25, 0.3) is 0 Å². The van der Waals surface area contributed by atoms with Crippen molar-refractivity contribution in [3.63, 3.8) is 0 Å². The fraction of sp³-hybridized carbons (Fsp3) is 0.258. The predicted molar refractivity (Wildman–Crippen MR) is 148 cm³/mol. The molecule has 0 saturated carbocycles. The summed E-state index contributed by atoms with van der Waals surface area (Å²) in [5.74, 6) is -2.06. The Morgan fingerprint density at radius 1 is 0.974 bits per heavy atom. The average Bonchev–Trinajstić information content (AvgIpc) is 3.64. The monoisotopic (exact) mass is 520 g/mol. The Bertz CT molecular complexity index is 1710. The van der Waals surface area contributed by atoms with Crippen LogP contribution in [-0.2, 0) is 26.3 Å². The van der Waals surface area contributed by atoms with Crippen LogP contribution in [0.2, 0.25) is 0 Å². The summed E-state index contributed by atoms with van der Waals surface area (Å²) in [5.41, 5.74) is 4.47. The van der Waals surface area contributed by atoms with Crippen LogP contribution < -0.4 is 20.3 Å². The van der Waals surface area contributed by atoms with Crippen molar-refractivity contribution < 1.29 is 19.1 Å². The number of carbonyl (C=O) groups is 3. The van der Waals surface area contributed by atoms with E-state index >= 15 is 0 Å². The highest BCUT2D eigenvalue weighted by atomic mass is 16.5. The lowest BCUT2D eigenvalue weighted by atomic mass is 9.75. The number of aryl methyl sites for hydroxylation is 2. The Kier molecular flexibility index (Phi) is 5.03. The molecule has 0 bridgehead atoms. The molecule has 3 aliphatic heterocycles. The topological polar surface area (TPSA) is 104 Å². The summed E-state index contributed by atoms with van der Waals surface area (Å²) in [6, 6.07) is 18.5. The fourth-order valence-corrected chi connectivity index (χ4v) is 6.97. The molecule has 2 fully saturated rings. The summed E-state index contributed by atoms with van der Waals surface area (Å²) in [4.78, 5) is 46.9. The quantitative estimate of drug-likeness (QED) is 0.354. The van der Waals surface area contributed by atoms with Crippen molar-refractivity contribution in [3.05, 3.63) is 89.1 Å². The van der Waals surface area contributed by atoms with Gasteiger partial charge in [0.2, 0.25) is 17.7 Å². The molecule has 2 unspecified atom stereocenters. The third-order valence-electron chi connectivity index (χ3n) is 8.59. The zero-order valence-electron chi connectivity index (χ0n) is 21.9. The third kappa shape index (κ3) is 3.18. The van der Waals surface area contributed by atoms with Gasteiger partial charge in [-0.25, -0.2) is 4.90 Å². The zero-order chi connectivity index (χ0) is 27.1. The van der Waals surface area contributed by atoms with Gasteiger partial charge in [-0.15, -0.1) is 0 Å². The zero-order valence-corrected chi connectivity index (χ0v) is 21.9. The van der Waals surface area contributed by atoms with Gasteiger partial charge in [-0.3, -0.25) is 19.7 Å². The average molecular weight is 521 g/mol. The molecule has 4 heterocycles. The molecule has 3 N–H and O–H groups in total. The standard InChI is InChI=1S/C31H28N4O4/c1-16-11-17(2)27-22(12-16)31(30(38)33-27)26-25(24(34-31)13-18-15-32-23-10-5-4-9-21(18)23)28(36)35(29(26)37)19-7-6-8-20(14-19)39-3/h4-12,14-15,24-26,32,34H,13H2,1-3H3,(H,33,38)/t24?,25-,26+,31?/m1/s1. The van der Waals surface area contributed by atoms with Crippen molar-refractivity contribution in [2.75, 3.05) is 17.3 Å². The maximum absolute atomic E-state index is 14.3. The molecule has 0 radical (unpaired) electrons. The van der Waals surface area contributed by atoms with Crippen molar-refractivity contribution in [3.8, 4) is 5.75 Å². The smallest absolute Gasteiger partial charge is 0.250 e. The number of fused-ring (bicyclic) bond motifs is 5. The molecule has 3 amide bonds. The molecule has 7 rings (SSSR count). The van der Waals surface area contributed by atoms with Crippen molar-refractivity contribution in [2.24, 2.45) is 11.8 Å². The van der Waals surface area contributed by atoms with E-state index in [1.807, 2.05) is 56.4 Å². The first kappa shape index (κ1) is 23.7. The molecular weight excluding hydrogens is 492 g/mol. The maximum atomic E-state index is 14.3. The number of carbonyl (C=O) groups excluding carboxylic acids is 3. The summed E-state index contributed by atoms with van der Waals surface area (Å²) in [6.45, 7) is 3.93. The molecule has 0 aliphatic carbocycles. The van der Waals surface area contributed by atoms with Crippen LogP contribution in [0.3, 0.4) is 0 Å². The van der Waals surface area contributed by atoms with E-state index < -0.39 is 23.4 Å². The molecule has 4 aromatic rings. The number of para-hydroxylation sites is 1. The molecule has 8 nitrogen and oxygen atoms in total. The number of hydrogen-bond donors (Lipinski definition) is 3. The summed E-state index contributed by atoms with van der Waals surface area (Å²) in [5, 5.41) is 7.67. The molecule has 2 saturated heterocycles. The molecule has 39 heavy (non-hydrogen) atoms. The van der Waals surface area contributed by atoms with Crippen molar-refractivity contribution in [1.82, 2.24) is 10.3 Å². The first-order chi connectivity index (χ1) is 18.8. The highest BCUT2D eigenvalue weighted by Gasteiger charge is 2.70. The largest absolute Gasteiger partial charge is 0.497 e. The van der Waals surface area contributed by atoms with Gasteiger partial charge in [0.1, 0.15) is 11.3 Å². The number of nitrogens with zero attached hydrogens (tertiary/aromatic N) is 1. The molecule has 3 aromatic carbocycles. The van der Waals surface area contributed by atoms with Crippen molar-refractivity contribution in [1.29, 1.82) is 0 Å². The summed E-state index contributed by atoms with van der Waals surface area (Å²) >= 11 is 0. The van der Waals surface area contributed by atoms with Gasteiger partial charge in [-0.2, -0.15) is 0 Å². The Labute approximate surface area is 225 Å². The molecule has 196 valence electrons. The minimum atomic E-state index is -1.35. The lowest BCUT2D eigenvalue weighted by Gasteiger charge is -2.30. The normalized spacial score (nSPS) is 25.5. The summed E-state index contributed by atoms with van der Waals surface area (Å²) in [6.07, 6.45) is 2.43. The molecule has 1 aromatic heterocycles. The van der Waals surface area contributed by atoms with Crippen molar-refractivity contribution in [2.45, 2.75) is 31.8 Å². The lowest BCUT2D eigenvalue weighted by Crippen LogP contribution is -2.53. The number of anilines is 2. The van der Waals surface area contributed by atoms with Crippen LogP contribution in [0.1, 0.15) is 22.3 Å². The van der Waals surface area contributed by atoms with Crippen LogP contribution in [0.5, 0.6) is 5.75 Å². The van der Waals surface area contributed by atoms with Crippen LogP contribution in [0.15, 0.2) is 66.9 Å². The number of imide groups is 1. The number of methoxy groups -OCH3 is 1. The minimum absolute atomic E-state index is 0.295. The molecule has 3 aliphatic rings. The number of rotatable bonds is 4. The lowest BCUT2D eigenvalue weighted by molar-refractivity contribution is -0.130. The number of aromatic nitrogens is 1. The maximum Gasteiger partial charge on any atom is 0.250 e. The summed E-state index contributed by atoms with van der Waals surface area (Å²) in [7, 11) is 1.54. The van der Waals surface area contributed by atoms with E-state index in [0.717, 1.165) is 33.2 Å². The van der Waals surface area contributed by atoms with Crippen LogP contribution in [0.25, 0.3) is 10.9 Å². The van der Waals surface area contributed by atoms with Gasteiger partial charge in [0.15, 0.2) is 0 Å². The second-order valence-electron chi connectivity index (χ2n) is 10.8. The van der Waals surface area contributed by atoms with E-state index in [-0.39, 0.29) is 17.7 Å². The van der Waals surface area contributed by atoms with Gasteiger partial charge < -0.3 is 15.0 Å². The fourth-order valence-electron chi connectivity index (χ4n) is 6.97. The van der Waals surface area contributed by atoms with E-state index in [1.165, 1.54) is 4.90 Å². The first-order valence-corrected chi connectivity index (χ1v) is 13.1. The van der Waals surface area contributed by atoms with Crippen LogP contribution in [0, 0.1) is 25.7 Å². The van der Waals surface area contributed by atoms with Gasteiger partial charge >= 0.3 is 0 Å². The molecule has 4 atom stereocenters. The second-order valence-corrected chi connectivity index (χ2v) is 10.8. The van der Waals surface area contributed by atoms with E-state index in [1.54, 1.807) is 31.4 Å². The predicted octanol–water partition coefficient (Wildman–Crippen LogP) is 3.96. The van der Waals surface area contributed by atoms with Crippen LogP contribution in [-0.4, -0.2) is 35.9 Å². The van der Waals surface area contributed by atoms with E-state index in [9.17, 15) is 14.4 Å². The number of nitrogens with one attached hydrogen (secondary N) is 3. The van der Waals surface area contributed by atoms with Crippen LogP contribution >= 0.6 is 0 Å². The Balaban J connectivity index is 1.40. The van der Waals surface area contributed by atoms with Gasteiger partial charge in [-0.1, -0.05) is 42.0 Å². The number of hydrogen-bond acceptors (Lipinski definition) is 5. The van der Waals surface area contributed by atoms with E-state index in [4.69, 9.17) is 4.74 Å². The van der Waals surface area contributed by atoms with Crippen LogP contribution in [0.4, 0.5) is 11.4 Å². The molecule has 1 spiro atoms. The number of benzene rings is 3. The third-order valence-corrected chi connectivity index (χ3v) is 8.59. The van der Waals surface area contributed by atoms with E-state index in [2.05, 4.69) is 15.6 Å². The molecular formula is C31H28N4O4. The highest BCUT2D eigenvalue weighted by molar-refractivity contribution is 6.26. The Morgan fingerprint density at radius 3 is 2.62 bits per heavy atom.